The van der Waals surface area contributed by atoms with Gasteiger partial charge < -0.3 is 10.1 Å². The molecule has 0 aliphatic rings. The molecule has 0 bridgehead atoms. The van der Waals surface area contributed by atoms with Crippen LogP contribution < -0.4 is 0 Å². The van der Waals surface area contributed by atoms with E-state index in [1.807, 2.05) is 0 Å². The monoisotopic (exact) mass is 353 g/mol. The van der Waals surface area contributed by atoms with Gasteiger partial charge in [-0.2, -0.15) is 4.68 Å². The summed E-state index contributed by atoms with van der Waals surface area (Å²) in [5.41, 5.74) is 0.285. The second-order valence-electron chi connectivity index (χ2n) is 3.92. The van der Waals surface area contributed by atoms with Crippen molar-refractivity contribution in [1.82, 2.24) is 9.78 Å². The van der Waals surface area contributed by atoms with Gasteiger partial charge in [0.15, 0.2) is 0 Å². The lowest BCUT2D eigenvalue weighted by molar-refractivity contribution is -0.392. The van der Waals surface area contributed by atoms with Gasteiger partial charge in [0, 0.05) is 10.7 Å². The summed E-state index contributed by atoms with van der Waals surface area (Å²) in [7, 11) is 0.781. The number of halogens is 3. The Morgan fingerprint density at radius 1 is 1.43 bits per heavy atom. The van der Waals surface area contributed by atoms with E-state index in [1.165, 1.54) is 12.1 Å². The largest absolute Gasteiger partial charge is 0.410 e. The third-order valence-corrected chi connectivity index (χ3v) is 4.24. The lowest BCUT2D eigenvalue weighted by Gasteiger charge is -2.02. The average Bonchev–Trinajstić information content (AvgIpc) is 2.79. The Hall–Kier alpha value is -1.71. The summed E-state index contributed by atoms with van der Waals surface area (Å²) in [6.07, 6.45) is 0.891. The summed E-state index contributed by atoms with van der Waals surface area (Å²) in [5.74, 6) is -1.57. The summed E-state index contributed by atoms with van der Waals surface area (Å²) < 4.78 is 36.8. The highest BCUT2D eigenvalue weighted by Gasteiger charge is 2.30. The number of hydrogen-bond donors (Lipinski definition) is 0. The molecule has 1 aromatic carbocycles. The van der Waals surface area contributed by atoms with Crippen LogP contribution in [0.5, 0.6) is 0 Å². The van der Waals surface area contributed by atoms with E-state index in [9.17, 15) is 22.9 Å². The maximum atomic E-state index is 13.3. The van der Waals surface area contributed by atoms with Gasteiger partial charge in [0.1, 0.15) is 5.82 Å². The molecule has 0 atom stereocenters. The van der Waals surface area contributed by atoms with Crippen LogP contribution in [0.1, 0.15) is 5.56 Å². The molecule has 21 heavy (non-hydrogen) atoms. The number of nitro groups is 1. The number of nitrogens with zero attached hydrogens (tertiary/aromatic N) is 3. The van der Waals surface area contributed by atoms with Crippen molar-refractivity contribution in [3.8, 4) is 0 Å². The fourth-order valence-corrected chi connectivity index (χ4v) is 2.71. The highest BCUT2D eigenvalue weighted by atomic mass is 35.7. The second-order valence-corrected chi connectivity index (χ2v) is 6.83. The molecule has 0 saturated heterocycles. The van der Waals surface area contributed by atoms with E-state index in [0.29, 0.717) is 0 Å². The molecule has 0 radical (unpaired) electrons. The second kappa shape index (κ2) is 5.58. The van der Waals surface area contributed by atoms with Crippen LogP contribution in [0.25, 0.3) is 0 Å². The summed E-state index contributed by atoms with van der Waals surface area (Å²) in [6.45, 7) is -0.149. The Morgan fingerprint density at radius 3 is 2.62 bits per heavy atom. The first kappa shape index (κ1) is 15.7. The fraction of sp³-hybridized carbons (Fsp3) is 0.100. The number of benzene rings is 1. The molecule has 2 rings (SSSR count). The van der Waals surface area contributed by atoms with Crippen LogP contribution in [0.4, 0.5) is 10.2 Å². The molecule has 11 heteroatoms. The topological polar surface area (TPSA) is 95.1 Å². The van der Waals surface area contributed by atoms with Gasteiger partial charge in [-0.05, 0) is 16.6 Å². The van der Waals surface area contributed by atoms with E-state index in [1.54, 1.807) is 0 Å². The maximum Gasteiger partial charge on any atom is 0.410 e. The standard InChI is InChI=1S/C10H6Cl2FN3O4S/c11-9-6(2-1-3-7(9)13)4-15-5-8(21(12,19)20)10(14-15)16(17)18/h1-3,5H,4H2. The minimum atomic E-state index is -4.33. The van der Waals surface area contributed by atoms with Gasteiger partial charge in [0.25, 0.3) is 9.05 Å². The maximum absolute atomic E-state index is 13.3. The van der Waals surface area contributed by atoms with Crippen molar-refractivity contribution in [2.24, 2.45) is 0 Å². The minimum absolute atomic E-state index is 0.149. The van der Waals surface area contributed by atoms with Crippen LogP contribution in [0, 0.1) is 15.9 Å². The number of aromatic nitrogens is 2. The van der Waals surface area contributed by atoms with Gasteiger partial charge in [-0.1, -0.05) is 23.7 Å². The third-order valence-electron chi connectivity index (χ3n) is 2.51. The minimum Gasteiger partial charge on any atom is -0.358 e. The van der Waals surface area contributed by atoms with E-state index in [0.717, 1.165) is 16.9 Å². The molecule has 1 aromatic heterocycles. The van der Waals surface area contributed by atoms with Gasteiger partial charge >= 0.3 is 5.82 Å². The molecule has 7 nitrogen and oxygen atoms in total. The molecule has 112 valence electrons. The summed E-state index contributed by atoms with van der Waals surface area (Å²) >= 11 is 5.75. The van der Waals surface area contributed by atoms with E-state index in [2.05, 4.69) is 5.10 Å². The Bertz CT molecular complexity index is 822. The average molecular weight is 354 g/mol. The van der Waals surface area contributed by atoms with Crippen LogP contribution in [-0.4, -0.2) is 23.1 Å². The smallest absolute Gasteiger partial charge is 0.358 e. The Balaban J connectivity index is 2.47. The van der Waals surface area contributed by atoms with E-state index >= 15 is 0 Å². The lowest BCUT2D eigenvalue weighted by Crippen LogP contribution is -2.02. The first-order valence-electron chi connectivity index (χ1n) is 5.29. The Kier molecular flexibility index (Phi) is 4.17. The molecule has 0 amide bonds. The highest BCUT2D eigenvalue weighted by molar-refractivity contribution is 8.13. The first-order valence-corrected chi connectivity index (χ1v) is 7.98. The summed E-state index contributed by atoms with van der Waals surface area (Å²) in [6, 6.07) is 4.02. The zero-order valence-corrected chi connectivity index (χ0v) is 12.4. The molecule has 0 unspecified atom stereocenters. The fourth-order valence-electron chi connectivity index (χ4n) is 1.62. The van der Waals surface area contributed by atoms with Crippen molar-refractivity contribution < 1.29 is 17.7 Å². The zero-order chi connectivity index (χ0) is 15.8. The van der Waals surface area contributed by atoms with E-state index in [4.69, 9.17) is 22.3 Å². The van der Waals surface area contributed by atoms with E-state index in [-0.39, 0.29) is 17.1 Å². The molecule has 0 aliphatic carbocycles. The van der Waals surface area contributed by atoms with Crippen molar-refractivity contribution in [2.45, 2.75) is 11.4 Å². The molecule has 0 spiro atoms. The van der Waals surface area contributed by atoms with Gasteiger partial charge in [-0.15, -0.1) is 0 Å². The Morgan fingerprint density at radius 2 is 2.10 bits per heavy atom. The van der Waals surface area contributed by atoms with Gasteiger partial charge in [-0.25, -0.2) is 12.8 Å². The molecule has 0 fully saturated rings. The normalized spacial score (nSPS) is 11.6. The van der Waals surface area contributed by atoms with Crippen LogP contribution in [0.15, 0.2) is 29.3 Å². The SMILES string of the molecule is O=[N+]([O-])c1nn(Cc2cccc(F)c2Cl)cc1S(=O)(=O)Cl. The number of rotatable bonds is 4. The molecule has 2 aromatic rings. The van der Waals surface area contributed by atoms with Gasteiger partial charge in [0.2, 0.25) is 4.90 Å². The van der Waals surface area contributed by atoms with Crippen LogP contribution in [0.3, 0.4) is 0 Å². The lowest BCUT2D eigenvalue weighted by atomic mass is 10.2. The summed E-state index contributed by atoms with van der Waals surface area (Å²) in [4.78, 5) is 9.07. The number of hydrogen-bond acceptors (Lipinski definition) is 5. The van der Waals surface area contributed by atoms with Gasteiger partial charge in [0.05, 0.1) is 22.9 Å². The highest BCUT2D eigenvalue weighted by Crippen LogP contribution is 2.26. The van der Waals surface area contributed by atoms with Crippen LogP contribution in [0.2, 0.25) is 5.02 Å². The molecule has 0 saturated carbocycles. The predicted octanol–water partition coefficient (Wildman–Crippen LogP) is 2.56. The van der Waals surface area contributed by atoms with Crippen molar-refractivity contribution in [2.75, 3.05) is 0 Å². The molecular formula is C10H6Cl2FN3O4S. The first-order chi connectivity index (χ1) is 9.70. The molecule has 0 N–H and O–H groups in total. The van der Waals surface area contributed by atoms with Crippen molar-refractivity contribution in [3.63, 3.8) is 0 Å². The Labute approximate surface area is 127 Å². The molecule has 1 heterocycles. The van der Waals surface area contributed by atoms with Gasteiger partial charge in [-0.3, -0.25) is 0 Å². The summed E-state index contributed by atoms with van der Waals surface area (Å²) in [5, 5.41) is 14.1. The van der Waals surface area contributed by atoms with Crippen LogP contribution >= 0.6 is 22.3 Å². The van der Waals surface area contributed by atoms with Crippen molar-refractivity contribution >= 4 is 37.2 Å². The van der Waals surface area contributed by atoms with Crippen molar-refractivity contribution in [1.29, 1.82) is 0 Å². The quantitative estimate of drug-likeness (QED) is 0.478. The van der Waals surface area contributed by atoms with Crippen LogP contribution in [-0.2, 0) is 15.6 Å². The molecular weight excluding hydrogens is 348 g/mol. The van der Waals surface area contributed by atoms with Crippen molar-refractivity contribution in [3.05, 3.63) is 50.9 Å². The third kappa shape index (κ3) is 3.31. The predicted molar refractivity (Wildman–Crippen MR) is 72.4 cm³/mol. The molecule has 0 aliphatic heterocycles. The van der Waals surface area contributed by atoms with E-state index < -0.39 is 30.5 Å². The zero-order valence-electron chi connectivity index (χ0n) is 10.0.